The Morgan fingerprint density at radius 3 is 2.31 bits per heavy atom. The average molecular weight is 537 g/mol. The van der Waals surface area contributed by atoms with Crippen LogP contribution in [0.5, 0.6) is 5.75 Å². The Kier molecular flexibility index (Phi) is 9.84. The smallest absolute Gasteiger partial charge is 0.335 e. The van der Waals surface area contributed by atoms with Crippen LogP contribution in [0.4, 0.5) is 5.69 Å². The first kappa shape index (κ1) is 29.4. The number of hydrogen-bond donors (Lipinski definition) is 1. The van der Waals surface area contributed by atoms with Gasteiger partial charge in [-0.2, -0.15) is 0 Å². The van der Waals surface area contributed by atoms with E-state index in [0.717, 1.165) is 10.1 Å². The lowest BCUT2D eigenvalue weighted by molar-refractivity contribution is -0.118. The summed E-state index contributed by atoms with van der Waals surface area (Å²) in [6.45, 7) is 8.87. The highest BCUT2D eigenvalue weighted by Gasteiger charge is 2.22. The lowest BCUT2D eigenvalue weighted by atomic mass is 10.1. The van der Waals surface area contributed by atoms with Crippen LogP contribution in [0.3, 0.4) is 0 Å². The van der Waals surface area contributed by atoms with Crippen LogP contribution in [0.15, 0.2) is 69.5 Å². The number of ether oxygens (including phenoxy) is 2. The number of benzene rings is 2. The predicted octanol–water partition coefficient (Wildman–Crippen LogP) is 4.14. The maximum absolute atomic E-state index is 13.9. The fraction of sp³-hybridized carbons (Fsp3) is 0.379. The lowest BCUT2D eigenvalue weighted by Gasteiger charge is -2.21. The first-order chi connectivity index (χ1) is 18.6. The third kappa shape index (κ3) is 6.83. The van der Waals surface area contributed by atoms with E-state index in [0.29, 0.717) is 17.1 Å². The first-order valence-corrected chi connectivity index (χ1v) is 12.7. The van der Waals surface area contributed by atoms with Gasteiger partial charge < -0.3 is 19.6 Å². The maximum atomic E-state index is 13.9. The molecule has 0 aliphatic heterocycles. The van der Waals surface area contributed by atoms with E-state index in [1.807, 2.05) is 38.1 Å². The molecule has 0 bridgehead atoms. The van der Waals surface area contributed by atoms with E-state index in [4.69, 9.17) is 14.3 Å². The van der Waals surface area contributed by atoms with Crippen molar-refractivity contribution >= 4 is 17.3 Å². The van der Waals surface area contributed by atoms with Crippen LogP contribution in [0.2, 0.25) is 0 Å². The summed E-state index contributed by atoms with van der Waals surface area (Å²) in [6.07, 6.45) is 0.682. The van der Waals surface area contributed by atoms with E-state index in [9.17, 15) is 14.4 Å². The number of rotatable bonds is 11. The molecule has 208 valence electrons. The second-order valence-corrected chi connectivity index (χ2v) is 9.58. The summed E-state index contributed by atoms with van der Waals surface area (Å²) in [4.78, 5) is 45.6. The molecule has 0 saturated heterocycles. The number of carbonyl (C=O) groups excluding carboxylic acids is 1. The van der Waals surface area contributed by atoms with Gasteiger partial charge in [0.2, 0.25) is 5.91 Å². The van der Waals surface area contributed by atoms with Crippen molar-refractivity contribution < 1.29 is 19.1 Å². The molecule has 3 aromatic rings. The van der Waals surface area contributed by atoms with Crippen LogP contribution in [-0.4, -0.2) is 41.1 Å². The molecule has 1 atom stereocenters. The summed E-state index contributed by atoms with van der Waals surface area (Å²) in [6, 6.07) is 14.0. The molecule has 10 nitrogen and oxygen atoms in total. The van der Waals surface area contributed by atoms with E-state index in [1.54, 1.807) is 59.3 Å². The zero-order valence-electron chi connectivity index (χ0n) is 23.4. The van der Waals surface area contributed by atoms with Crippen LogP contribution in [0.25, 0.3) is 5.69 Å². The molecule has 0 aliphatic carbocycles. The zero-order valence-corrected chi connectivity index (χ0v) is 23.4. The van der Waals surface area contributed by atoms with E-state index in [1.165, 1.54) is 10.8 Å². The second-order valence-electron chi connectivity index (χ2n) is 9.58. The van der Waals surface area contributed by atoms with Gasteiger partial charge in [0, 0.05) is 24.8 Å². The van der Waals surface area contributed by atoms with Crippen LogP contribution in [0.1, 0.15) is 51.8 Å². The molecule has 0 fully saturated rings. The number of hydrogen-bond acceptors (Lipinski definition) is 7. The van der Waals surface area contributed by atoms with Crippen LogP contribution in [0, 0.1) is 5.92 Å². The van der Waals surface area contributed by atoms with Gasteiger partial charge in [-0.25, -0.2) is 9.36 Å². The molecular weight excluding hydrogens is 500 g/mol. The Balaban J connectivity index is 2.26. The number of carbonyl (C=O) groups is 1. The minimum absolute atomic E-state index is 0.0713. The number of methoxy groups -OCH3 is 2. The van der Waals surface area contributed by atoms with Gasteiger partial charge in [0.1, 0.15) is 18.0 Å². The third-order valence-corrected chi connectivity index (χ3v) is 6.01. The number of para-hydroxylation sites is 3. The number of nitrogens with one attached hydrogen (secondary N) is 1. The van der Waals surface area contributed by atoms with E-state index < -0.39 is 17.4 Å². The summed E-state index contributed by atoms with van der Waals surface area (Å²) in [5.41, 5.74) is 0.570. The number of anilines is 1. The standard InChI is InChI=1S/C29H36N4O6/c1-18(2)27(34)30-23-13-9-10-14-24(23)33-28(35)22(20(5)31-39-19(3)4)16-32(29(33)36)17-26(38-7)21-12-8-11-15-25(21)37-6/h8-16,18-19,26H,17H2,1-7H3,(H,30,34)/b31-20+. The quantitative estimate of drug-likeness (QED) is 0.291. The van der Waals surface area contributed by atoms with Gasteiger partial charge in [0.05, 0.1) is 36.3 Å². The predicted molar refractivity (Wildman–Crippen MR) is 151 cm³/mol. The van der Waals surface area contributed by atoms with Crippen molar-refractivity contribution in [3.05, 3.63) is 86.7 Å². The SMILES string of the molecule is COc1ccccc1C(Cn1cc(/C(C)=N/OC(C)C)c(=O)n(-c2ccccc2NC(=O)C(C)C)c1=O)OC. The summed E-state index contributed by atoms with van der Waals surface area (Å²) in [7, 11) is 3.10. The Hall–Kier alpha value is -4.18. The lowest BCUT2D eigenvalue weighted by Crippen LogP contribution is -2.42. The Morgan fingerprint density at radius 2 is 1.67 bits per heavy atom. The molecule has 0 spiro atoms. The van der Waals surface area contributed by atoms with Crippen molar-refractivity contribution in [1.82, 2.24) is 9.13 Å². The highest BCUT2D eigenvalue weighted by molar-refractivity contribution is 5.98. The van der Waals surface area contributed by atoms with Gasteiger partial charge >= 0.3 is 5.69 Å². The van der Waals surface area contributed by atoms with Gasteiger partial charge in [0.25, 0.3) is 5.56 Å². The van der Waals surface area contributed by atoms with Crippen molar-refractivity contribution in [3.63, 3.8) is 0 Å². The molecule has 2 aromatic carbocycles. The fourth-order valence-corrected chi connectivity index (χ4v) is 3.89. The van der Waals surface area contributed by atoms with Gasteiger partial charge in [0.15, 0.2) is 0 Å². The van der Waals surface area contributed by atoms with Crippen LogP contribution in [-0.2, 0) is 20.9 Å². The summed E-state index contributed by atoms with van der Waals surface area (Å²) in [5, 5.41) is 6.93. The van der Waals surface area contributed by atoms with Crippen LogP contribution < -0.4 is 21.3 Å². The molecule has 1 N–H and O–H groups in total. The number of aromatic nitrogens is 2. The summed E-state index contributed by atoms with van der Waals surface area (Å²) >= 11 is 0. The van der Waals surface area contributed by atoms with Crippen molar-refractivity contribution in [1.29, 1.82) is 0 Å². The molecule has 3 rings (SSSR count). The first-order valence-electron chi connectivity index (χ1n) is 12.7. The van der Waals surface area contributed by atoms with Gasteiger partial charge in [-0.3, -0.25) is 14.2 Å². The largest absolute Gasteiger partial charge is 0.496 e. The zero-order chi connectivity index (χ0) is 28.7. The van der Waals surface area contributed by atoms with Crippen molar-refractivity contribution in [3.8, 4) is 11.4 Å². The molecule has 0 aliphatic rings. The second kappa shape index (κ2) is 13.1. The minimum atomic E-state index is -0.607. The highest BCUT2D eigenvalue weighted by atomic mass is 16.6. The maximum Gasteiger partial charge on any atom is 0.335 e. The molecule has 10 heteroatoms. The van der Waals surface area contributed by atoms with Gasteiger partial charge in [-0.05, 0) is 39.0 Å². The van der Waals surface area contributed by atoms with Gasteiger partial charge in [-0.15, -0.1) is 0 Å². The highest BCUT2D eigenvalue weighted by Crippen LogP contribution is 2.28. The Labute approximate surface area is 227 Å². The molecule has 1 unspecified atom stereocenters. The molecule has 0 radical (unpaired) electrons. The number of oxime groups is 1. The van der Waals surface area contributed by atoms with E-state index in [-0.39, 0.29) is 35.7 Å². The molecule has 39 heavy (non-hydrogen) atoms. The normalized spacial score (nSPS) is 12.5. The summed E-state index contributed by atoms with van der Waals surface area (Å²) < 4.78 is 13.7. The van der Waals surface area contributed by atoms with Crippen molar-refractivity contribution in [2.45, 2.75) is 53.4 Å². The third-order valence-electron chi connectivity index (χ3n) is 6.01. The number of nitrogens with zero attached hydrogens (tertiary/aromatic N) is 3. The molecular formula is C29H36N4O6. The molecule has 1 amide bonds. The van der Waals surface area contributed by atoms with Crippen molar-refractivity contribution in [2.75, 3.05) is 19.5 Å². The Bertz CT molecular complexity index is 1450. The van der Waals surface area contributed by atoms with E-state index in [2.05, 4.69) is 10.5 Å². The average Bonchev–Trinajstić information content (AvgIpc) is 2.92. The van der Waals surface area contributed by atoms with E-state index >= 15 is 0 Å². The number of amides is 1. The monoisotopic (exact) mass is 536 g/mol. The molecule has 0 saturated carbocycles. The fourth-order valence-electron chi connectivity index (χ4n) is 3.89. The molecule has 1 aromatic heterocycles. The molecule has 1 heterocycles. The minimum Gasteiger partial charge on any atom is -0.496 e. The summed E-state index contributed by atoms with van der Waals surface area (Å²) in [5.74, 6) is 0.0603. The topological polar surface area (TPSA) is 113 Å². The van der Waals surface area contributed by atoms with Crippen LogP contribution >= 0.6 is 0 Å². The Morgan fingerprint density at radius 1 is 1.00 bits per heavy atom. The van der Waals surface area contributed by atoms with Gasteiger partial charge in [-0.1, -0.05) is 49.3 Å². The van der Waals surface area contributed by atoms with Crippen molar-refractivity contribution in [2.24, 2.45) is 11.1 Å².